The van der Waals surface area contributed by atoms with E-state index in [9.17, 15) is 9.18 Å². The molecule has 0 heterocycles. The Kier molecular flexibility index (Phi) is 4.84. The predicted octanol–water partition coefficient (Wildman–Crippen LogP) is 2.39. The number of benzene rings is 1. The molecule has 3 nitrogen and oxygen atoms in total. The first-order valence-electron chi connectivity index (χ1n) is 6.19. The Bertz CT molecular complexity index is 418. The van der Waals surface area contributed by atoms with Gasteiger partial charge in [-0.05, 0) is 33.4 Å². The normalized spacial score (nSPS) is 13.2. The quantitative estimate of drug-likeness (QED) is 0.845. The number of halogens is 1. The average Bonchev–Trinajstić information content (AvgIpc) is 2.29. The van der Waals surface area contributed by atoms with Crippen molar-refractivity contribution in [3.8, 4) is 0 Å². The van der Waals surface area contributed by atoms with Crippen LogP contribution in [0.3, 0.4) is 0 Å². The van der Waals surface area contributed by atoms with Gasteiger partial charge >= 0.3 is 0 Å². The van der Waals surface area contributed by atoms with E-state index in [2.05, 4.69) is 10.6 Å². The highest BCUT2D eigenvalue weighted by Crippen LogP contribution is 2.17. The molecule has 2 N–H and O–H groups in total. The molecule has 0 spiro atoms. The number of amides is 1. The Morgan fingerprint density at radius 3 is 2.56 bits per heavy atom. The van der Waals surface area contributed by atoms with Crippen LogP contribution in [0.4, 0.5) is 4.39 Å². The lowest BCUT2D eigenvalue weighted by Crippen LogP contribution is -2.53. The number of nitrogens with one attached hydrogen (secondary N) is 2. The number of carbonyl (C=O) groups excluding carboxylic acids is 1. The van der Waals surface area contributed by atoms with Gasteiger partial charge in [-0.25, -0.2) is 4.39 Å². The minimum Gasteiger partial charge on any atom is -0.348 e. The highest BCUT2D eigenvalue weighted by Gasteiger charge is 2.27. The molecule has 100 valence electrons. The van der Waals surface area contributed by atoms with Gasteiger partial charge in [-0.15, -0.1) is 0 Å². The molecule has 1 rings (SSSR count). The van der Waals surface area contributed by atoms with Crippen LogP contribution in [0.2, 0.25) is 0 Å². The zero-order valence-corrected chi connectivity index (χ0v) is 11.4. The lowest BCUT2D eigenvalue weighted by molar-refractivity contribution is -0.127. The van der Waals surface area contributed by atoms with Gasteiger partial charge in [-0.1, -0.05) is 25.1 Å². The zero-order valence-electron chi connectivity index (χ0n) is 11.4. The standard InChI is InChI=1S/C14H21FN2O/c1-5-16-14(3,4)13(18)17-10(2)11-8-6-7-9-12(11)15/h6-10,16H,5H2,1-4H3,(H,17,18)/t10-/m1/s1. The first kappa shape index (κ1) is 14.6. The average molecular weight is 252 g/mol. The molecule has 1 aromatic carbocycles. The number of hydrogen-bond acceptors (Lipinski definition) is 2. The van der Waals surface area contributed by atoms with Crippen LogP contribution in [0.25, 0.3) is 0 Å². The van der Waals surface area contributed by atoms with Gasteiger partial charge in [0, 0.05) is 5.56 Å². The van der Waals surface area contributed by atoms with Gasteiger partial charge in [-0.2, -0.15) is 0 Å². The van der Waals surface area contributed by atoms with Crippen molar-refractivity contribution < 1.29 is 9.18 Å². The second-order valence-corrected chi connectivity index (χ2v) is 4.87. The minimum absolute atomic E-state index is 0.139. The highest BCUT2D eigenvalue weighted by atomic mass is 19.1. The van der Waals surface area contributed by atoms with Gasteiger partial charge in [0.05, 0.1) is 11.6 Å². The number of likely N-dealkylation sites (N-methyl/N-ethyl adjacent to an activating group) is 1. The second kappa shape index (κ2) is 5.96. The summed E-state index contributed by atoms with van der Waals surface area (Å²) in [4.78, 5) is 12.1. The topological polar surface area (TPSA) is 41.1 Å². The minimum atomic E-state index is -0.658. The van der Waals surface area contributed by atoms with Crippen LogP contribution in [-0.2, 0) is 4.79 Å². The largest absolute Gasteiger partial charge is 0.348 e. The summed E-state index contributed by atoms with van der Waals surface area (Å²) in [5.41, 5.74) is -0.160. The molecule has 0 unspecified atom stereocenters. The molecule has 0 aliphatic carbocycles. The van der Waals surface area contributed by atoms with Crippen molar-refractivity contribution in [3.05, 3.63) is 35.6 Å². The molecule has 0 bridgehead atoms. The molecule has 0 aromatic heterocycles. The van der Waals surface area contributed by atoms with E-state index in [1.54, 1.807) is 39.0 Å². The summed E-state index contributed by atoms with van der Waals surface area (Å²) in [5.74, 6) is -0.438. The molecule has 1 amide bonds. The molecule has 0 saturated carbocycles. The van der Waals surface area contributed by atoms with Gasteiger partial charge in [0.25, 0.3) is 0 Å². The molecule has 0 aliphatic rings. The van der Waals surface area contributed by atoms with Crippen LogP contribution < -0.4 is 10.6 Å². The third kappa shape index (κ3) is 3.53. The maximum absolute atomic E-state index is 13.6. The van der Waals surface area contributed by atoms with Crippen LogP contribution in [0, 0.1) is 5.82 Å². The smallest absolute Gasteiger partial charge is 0.240 e. The van der Waals surface area contributed by atoms with E-state index in [-0.39, 0.29) is 17.8 Å². The monoisotopic (exact) mass is 252 g/mol. The summed E-state index contributed by atoms with van der Waals surface area (Å²) in [6, 6.07) is 6.12. The van der Waals surface area contributed by atoms with Gasteiger partial charge in [-0.3, -0.25) is 4.79 Å². The maximum Gasteiger partial charge on any atom is 0.240 e. The lowest BCUT2D eigenvalue weighted by atomic mass is 10.0. The Balaban J connectivity index is 2.74. The Morgan fingerprint density at radius 2 is 2.00 bits per heavy atom. The van der Waals surface area contributed by atoms with E-state index >= 15 is 0 Å². The molecule has 1 aromatic rings. The van der Waals surface area contributed by atoms with Gasteiger partial charge < -0.3 is 10.6 Å². The molecule has 0 saturated heterocycles. The third-order valence-corrected chi connectivity index (χ3v) is 2.91. The van der Waals surface area contributed by atoms with Crippen LogP contribution in [0.5, 0.6) is 0 Å². The molecular formula is C14H21FN2O. The Labute approximate surface area is 108 Å². The molecular weight excluding hydrogens is 231 g/mol. The molecule has 4 heteroatoms. The lowest BCUT2D eigenvalue weighted by Gasteiger charge is -2.27. The predicted molar refractivity (Wildman–Crippen MR) is 70.7 cm³/mol. The molecule has 18 heavy (non-hydrogen) atoms. The van der Waals surface area contributed by atoms with Gasteiger partial charge in [0.1, 0.15) is 5.82 Å². The molecule has 0 radical (unpaired) electrons. The molecule has 0 aliphatic heterocycles. The van der Waals surface area contributed by atoms with E-state index in [4.69, 9.17) is 0 Å². The first-order valence-corrected chi connectivity index (χ1v) is 6.19. The van der Waals surface area contributed by atoms with Crippen molar-refractivity contribution in [1.82, 2.24) is 10.6 Å². The van der Waals surface area contributed by atoms with Crippen LogP contribution >= 0.6 is 0 Å². The number of hydrogen-bond donors (Lipinski definition) is 2. The van der Waals surface area contributed by atoms with Crippen molar-refractivity contribution in [2.75, 3.05) is 6.54 Å². The first-order chi connectivity index (χ1) is 8.38. The maximum atomic E-state index is 13.6. The fourth-order valence-corrected chi connectivity index (χ4v) is 1.80. The molecule has 1 atom stereocenters. The van der Waals surface area contributed by atoms with Crippen LogP contribution in [-0.4, -0.2) is 18.0 Å². The SMILES string of the molecule is CCNC(C)(C)C(=O)N[C@H](C)c1ccccc1F. The Hall–Kier alpha value is -1.42. The third-order valence-electron chi connectivity index (χ3n) is 2.91. The van der Waals surface area contributed by atoms with Crippen molar-refractivity contribution in [2.45, 2.75) is 39.3 Å². The number of carbonyl (C=O) groups is 1. The van der Waals surface area contributed by atoms with Crippen molar-refractivity contribution >= 4 is 5.91 Å². The molecule has 0 fully saturated rings. The summed E-state index contributed by atoms with van der Waals surface area (Å²) < 4.78 is 13.6. The van der Waals surface area contributed by atoms with Crippen LogP contribution in [0.15, 0.2) is 24.3 Å². The van der Waals surface area contributed by atoms with Gasteiger partial charge in [0.15, 0.2) is 0 Å². The van der Waals surface area contributed by atoms with E-state index in [0.717, 1.165) is 0 Å². The van der Waals surface area contributed by atoms with Gasteiger partial charge in [0.2, 0.25) is 5.91 Å². The van der Waals surface area contributed by atoms with Crippen molar-refractivity contribution in [1.29, 1.82) is 0 Å². The van der Waals surface area contributed by atoms with E-state index in [1.165, 1.54) is 6.07 Å². The van der Waals surface area contributed by atoms with E-state index in [1.807, 2.05) is 6.92 Å². The summed E-state index contributed by atoms with van der Waals surface area (Å²) >= 11 is 0. The van der Waals surface area contributed by atoms with Crippen molar-refractivity contribution in [2.24, 2.45) is 0 Å². The summed E-state index contributed by atoms with van der Waals surface area (Å²) in [6.07, 6.45) is 0. The summed E-state index contributed by atoms with van der Waals surface area (Å²) in [5, 5.41) is 5.91. The van der Waals surface area contributed by atoms with Crippen LogP contribution in [0.1, 0.15) is 39.3 Å². The fraction of sp³-hybridized carbons (Fsp3) is 0.500. The zero-order chi connectivity index (χ0) is 13.8. The van der Waals surface area contributed by atoms with E-state index < -0.39 is 5.54 Å². The van der Waals surface area contributed by atoms with Crippen molar-refractivity contribution in [3.63, 3.8) is 0 Å². The number of rotatable bonds is 5. The highest BCUT2D eigenvalue weighted by molar-refractivity contribution is 5.85. The van der Waals surface area contributed by atoms with E-state index in [0.29, 0.717) is 12.1 Å². The summed E-state index contributed by atoms with van der Waals surface area (Å²) in [6.45, 7) is 8.03. The fourth-order valence-electron chi connectivity index (χ4n) is 1.80. The second-order valence-electron chi connectivity index (χ2n) is 4.87. The Morgan fingerprint density at radius 1 is 1.39 bits per heavy atom. The summed E-state index contributed by atoms with van der Waals surface area (Å²) in [7, 11) is 0.